The van der Waals surface area contributed by atoms with Crippen LogP contribution in [0.2, 0.25) is 10.0 Å². The zero-order chi connectivity index (χ0) is 21.5. The Morgan fingerprint density at radius 1 is 1.00 bits per heavy atom. The molecule has 0 aliphatic heterocycles. The van der Waals surface area contributed by atoms with Crippen molar-refractivity contribution >= 4 is 46.4 Å². The summed E-state index contributed by atoms with van der Waals surface area (Å²) in [6, 6.07) is 10.3. The van der Waals surface area contributed by atoms with Gasteiger partial charge in [-0.05, 0) is 49.2 Å². The summed E-state index contributed by atoms with van der Waals surface area (Å²) in [6.45, 7) is 0.0228. The van der Waals surface area contributed by atoms with E-state index in [-0.39, 0.29) is 24.4 Å². The van der Waals surface area contributed by atoms with Gasteiger partial charge in [0.2, 0.25) is 5.91 Å². The minimum Gasteiger partial charge on any atom is -0.495 e. The van der Waals surface area contributed by atoms with E-state index in [4.69, 9.17) is 27.9 Å². The molecule has 1 saturated carbocycles. The third kappa shape index (κ3) is 6.03. The fraction of sp³-hybridized carbons (Fsp3) is 0.364. The minimum atomic E-state index is -0.251. The average molecular weight is 450 g/mol. The van der Waals surface area contributed by atoms with E-state index >= 15 is 0 Å². The summed E-state index contributed by atoms with van der Waals surface area (Å²) in [4.78, 5) is 24.9. The van der Waals surface area contributed by atoms with Gasteiger partial charge in [0.25, 0.3) is 5.91 Å². The van der Waals surface area contributed by atoms with Crippen molar-refractivity contribution in [3.8, 4) is 5.75 Å². The van der Waals surface area contributed by atoms with E-state index in [0.29, 0.717) is 32.7 Å². The minimum absolute atomic E-state index is 0.0228. The predicted molar refractivity (Wildman–Crippen MR) is 121 cm³/mol. The maximum atomic E-state index is 12.6. The van der Waals surface area contributed by atoms with E-state index in [9.17, 15) is 9.59 Å². The molecule has 0 saturated heterocycles. The Morgan fingerprint density at radius 3 is 2.43 bits per heavy atom. The second-order valence-electron chi connectivity index (χ2n) is 7.25. The lowest BCUT2D eigenvalue weighted by Gasteiger charge is -2.23. The Morgan fingerprint density at radius 2 is 1.73 bits per heavy atom. The van der Waals surface area contributed by atoms with E-state index in [1.807, 2.05) is 0 Å². The van der Waals surface area contributed by atoms with Crippen LogP contribution in [0.4, 0.5) is 11.4 Å². The number of carbonyl (C=O) groups is 2. The zero-order valence-electron chi connectivity index (χ0n) is 16.8. The highest BCUT2D eigenvalue weighted by Crippen LogP contribution is 2.27. The van der Waals surface area contributed by atoms with Gasteiger partial charge in [-0.25, -0.2) is 0 Å². The summed E-state index contributed by atoms with van der Waals surface area (Å²) < 4.78 is 5.10. The van der Waals surface area contributed by atoms with Gasteiger partial charge in [0.05, 0.1) is 29.3 Å². The highest BCUT2D eigenvalue weighted by atomic mass is 35.5. The maximum Gasteiger partial charge on any atom is 0.253 e. The van der Waals surface area contributed by atoms with Crippen LogP contribution in [0.25, 0.3) is 0 Å². The Bertz CT molecular complexity index is 914. The number of methoxy groups -OCH3 is 1. The first kappa shape index (κ1) is 22.2. The van der Waals surface area contributed by atoms with E-state index in [1.54, 1.807) is 36.4 Å². The normalized spacial score (nSPS) is 14.1. The third-order valence-corrected chi connectivity index (χ3v) is 5.66. The van der Waals surface area contributed by atoms with Gasteiger partial charge in [-0.1, -0.05) is 42.5 Å². The molecule has 0 unspecified atom stereocenters. The molecule has 160 valence electrons. The lowest BCUT2D eigenvalue weighted by molar-refractivity contribution is -0.114. The molecule has 1 aliphatic rings. The standard InChI is InChI=1S/C22H25Cl2N3O3/c1-30-20-10-8-16(12-19(20)24)26-21(28)13-25-15-7-9-18(23)17(11-15)22(29)27-14-5-3-2-4-6-14/h7-12,14,25H,2-6,13H2,1H3,(H,26,28)(H,27,29). The molecule has 2 aromatic rings. The van der Waals surface area contributed by atoms with Gasteiger partial charge in [0.15, 0.2) is 0 Å². The van der Waals surface area contributed by atoms with Crippen LogP contribution in [0.3, 0.4) is 0 Å². The lowest BCUT2D eigenvalue weighted by Crippen LogP contribution is -2.36. The van der Waals surface area contributed by atoms with E-state index in [0.717, 1.165) is 25.7 Å². The fourth-order valence-corrected chi connectivity index (χ4v) is 3.91. The number of nitrogens with one attached hydrogen (secondary N) is 3. The highest BCUT2D eigenvalue weighted by Gasteiger charge is 2.18. The lowest BCUT2D eigenvalue weighted by atomic mass is 9.95. The van der Waals surface area contributed by atoms with Crippen molar-refractivity contribution < 1.29 is 14.3 Å². The van der Waals surface area contributed by atoms with Crippen LogP contribution < -0.4 is 20.7 Å². The molecular formula is C22H25Cl2N3O3. The SMILES string of the molecule is COc1ccc(NC(=O)CNc2ccc(Cl)c(C(=O)NC3CCCCC3)c2)cc1Cl. The molecule has 0 spiro atoms. The molecule has 1 aliphatic carbocycles. The number of ether oxygens (including phenoxy) is 1. The van der Waals surface area contributed by atoms with Gasteiger partial charge in [0, 0.05) is 17.4 Å². The number of halogens is 2. The van der Waals surface area contributed by atoms with Gasteiger partial charge in [0.1, 0.15) is 5.75 Å². The van der Waals surface area contributed by atoms with Gasteiger partial charge in [-0.15, -0.1) is 0 Å². The van der Waals surface area contributed by atoms with Crippen LogP contribution in [-0.4, -0.2) is 31.5 Å². The van der Waals surface area contributed by atoms with Gasteiger partial charge < -0.3 is 20.7 Å². The summed E-state index contributed by atoms with van der Waals surface area (Å²) in [5, 5.41) is 9.63. The van der Waals surface area contributed by atoms with Crippen molar-refractivity contribution in [1.29, 1.82) is 0 Å². The first-order chi connectivity index (χ1) is 14.5. The van der Waals surface area contributed by atoms with Gasteiger partial charge in [-0.3, -0.25) is 9.59 Å². The third-order valence-electron chi connectivity index (χ3n) is 5.04. The molecule has 2 aromatic carbocycles. The molecule has 2 amide bonds. The molecular weight excluding hydrogens is 425 g/mol. The van der Waals surface area contributed by atoms with E-state index in [1.165, 1.54) is 13.5 Å². The van der Waals surface area contributed by atoms with Crippen LogP contribution in [0.15, 0.2) is 36.4 Å². The molecule has 3 N–H and O–H groups in total. The topological polar surface area (TPSA) is 79.5 Å². The van der Waals surface area contributed by atoms with E-state index < -0.39 is 0 Å². The average Bonchev–Trinajstić information content (AvgIpc) is 2.74. The molecule has 30 heavy (non-hydrogen) atoms. The largest absolute Gasteiger partial charge is 0.495 e. The molecule has 0 atom stereocenters. The predicted octanol–water partition coefficient (Wildman–Crippen LogP) is 5.12. The molecule has 0 bridgehead atoms. The van der Waals surface area contributed by atoms with Crippen LogP contribution in [-0.2, 0) is 4.79 Å². The monoisotopic (exact) mass is 449 g/mol. The van der Waals surface area contributed by atoms with Crippen molar-refractivity contribution in [1.82, 2.24) is 5.32 Å². The summed E-state index contributed by atoms with van der Waals surface area (Å²) in [5.74, 6) is 0.0975. The number of benzene rings is 2. The summed E-state index contributed by atoms with van der Waals surface area (Å²) >= 11 is 12.3. The molecule has 8 heteroatoms. The first-order valence-electron chi connectivity index (χ1n) is 9.94. The zero-order valence-corrected chi connectivity index (χ0v) is 18.3. The Balaban J connectivity index is 1.57. The number of rotatable bonds is 7. The number of hydrogen-bond donors (Lipinski definition) is 3. The summed E-state index contributed by atoms with van der Waals surface area (Å²) in [7, 11) is 1.53. The summed E-state index contributed by atoms with van der Waals surface area (Å²) in [6.07, 6.45) is 5.48. The van der Waals surface area contributed by atoms with Crippen molar-refractivity contribution in [2.24, 2.45) is 0 Å². The number of anilines is 2. The molecule has 0 aromatic heterocycles. The van der Waals surface area contributed by atoms with Crippen molar-refractivity contribution in [2.45, 2.75) is 38.1 Å². The van der Waals surface area contributed by atoms with Gasteiger partial charge >= 0.3 is 0 Å². The quantitative estimate of drug-likeness (QED) is 0.548. The second-order valence-corrected chi connectivity index (χ2v) is 8.07. The van der Waals surface area contributed by atoms with Gasteiger partial charge in [-0.2, -0.15) is 0 Å². The smallest absolute Gasteiger partial charge is 0.253 e. The number of hydrogen-bond acceptors (Lipinski definition) is 4. The molecule has 3 rings (SSSR count). The van der Waals surface area contributed by atoms with Crippen LogP contribution in [0.5, 0.6) is 5.75 Å². The second kappa shape index (κ2) is 10.5. The van der Waals surface area contributed by atoms with Crippen molar-refractivity contribution in [3.05, 3.63) is 52.0 Å². The number of amides is 2. The molecule has 6 nitrogen and oxygen atoms in total. The van der Waals surface area contributed by atoms with Crippen molar-refractivity contribution in [3.63, 3.8) is 0 Å². The number of carbonyl (C=O) groups excluding carboxylic acids is 2. The maximum absolute atomic E-state index is 12.6. The molecule has 0 heterocycles. The van der Waals surface area contributed by atoms with Crippen LogP contribution >= 0.6 is 23.2 Å². The Labute approximate surface area is 186 Å². The highest BCUT2D eigenvalue weighted by molar-refractivity contribution is 6.34. The van der Waals surface area contributed by atoms with E-state index in [2.05, 4.69) is 16.0 Å². The summed E-state index contributed by atoms with van der Waals surface area (Å²) in [5.41, 5.74) is 1.60. The first-order valence-corrected chi connectivity index (χ1v) is 10.7. The molecule has 0 radical (unpaired) electrons. The van der Waals surface area contributed by atoms with Crippen molar-refractivity contribution in [2.75, 3.05) is 24.3 Å². The van der Waals surface area contributed by atoms with Crippen LogP contribution in [0, 0.1) is 0 Å². The molecule has 1 fully saturated rings. The Hall–Kier alpha value is -2.44. The Kier molecular flexibility index (Phi) is 7.82. The van der Waals surface area contributed by atoms with Crippen LogP contribution in [0.1, 0.15) is 42.5 Å². The fourth-order valence-electron chi connectivity index (χ4n) is 3.45.